The minimum absolute atomic E-state index is 0.0374. The van der Waals surface area contributed by atoms with Crippen LogP contribution in [0, 0.1) is 23.6 Å². The van der Waals surface area contributed by atoms with Gasteiger partial charge in [0.2, 0.25) is 17.5 Å². The maximum atomic E-state index is 15.1. The number of carbonyl (C=O) groups is 4. The third-order valence-corrected chi connectivity index (χ3v) is 11.5. The van der Waals surface area contributed by atoms with Crippen LogP contribution in [-0.2, 0) is 32.2 Å². The molecule has 2 saturated heterocycles. The number of amides is 2. The van der Waals surface area contributed by atoms with E-state index in [1.807, 2.05) is 43.0 Å². The number of anilines is 1. The number of aliphatic hydroxyl groups is 1. The van der Waals surface area contributed by atoms with Crippen LogP contribution in [0.2, 0.25) is 0 Å². The molecule has 3 heterocycles. The highest BCUT2D eigenvalue weighted by molar-refractivity contribution is 6.38. The van der Waals surface area contributed by atoms with E-state index in [0.29, 0.717) is 82.1 Å². The van der Waals surface area contributed by atoms with Crippen LogP contribution in [0.4, 0.5) is 14.9 Å². The number of phenols is 1. The average Bonchev–Trinajstić information content (AvgIpc) is 3.71. The fraction of sp³-hybridized carbons (Fsp3) is 0.477. The molecule has 13 nitrogen and oxygen atoms in total. The Bertz CT molecular complexity index is 1970. The molecule has 3 aliphatic rings. The largest absolute Gasteiger partial charge is 0.508 e. The Balaban J connectivity index is 1.13. The molecule has 14 heteroatoms. The van der Waals surface area contributed by atoms with Gasteiger partial charge in [-0.15, -0.1) is 0 Å². The molecule has 0 saturated carbocycles. The molecule has 310 valence electrons. The van der Waals surface area contributed by atoms with Crippen molar-refractivity contribution in [2.75, 3.05) is 57.3 Å². The van der Waals surface area contributed by atoms with Gasteiger partial charge in [0.1, 0.15) is 24.2 Å². The van der Waals surface area contributed by atoms with Gasteiger partial charge in [-0.25, -0.2) is 9.18 Å². The van der Waals surface area contributed by atoms with Crippen molar-refractivity contribution >= 4 is 35.3 Å². The van der Waals surface area contributed by atoms with Gasteiger partial charge in [0, 0.05) is 83.4 Å². The molecule has 2 aliphatic heterocycles. The Labute approximate surface area is 339 Å². The second-order valence-electron chi connectivity index (χ2n) is 15.9. The summed E-state index contributed by atoms with van der Waals surface area (Å²) in [6.07, 6.45) is 6.98. The van der Waals surface area contributed by atoms with Crippen LogP contribution >= 0.6 is 0 Å². The standard InChI is InChI=1S/C44H55FN6O7/c1-30-8-10-38(53)27-39(54)43(56)42(31(2)9-11-40(30)58-44(57)50-16-14-47(15-17-50)28-33-6-4-7-37(52)25-33)32(3)22-34-23-35(45)26-36(24-34)48-18-20-49(21-19-48)41(55)29-51-13-5-12-46-51/h4-7,9,11-13,22-26,30-31,38,40,42,52-53H,8,10,14-21,27-29H2,1-3H3/b11-9+,32-22+/t30-,31-,38+,40-,42-/m0/s1. The molecule has 2 N–H and O–H groups in total. The molecule has 0 unspecified atom stereocenters. The quantitative estimate of drug-likeness (QED) is 0.238. The number of carbonyl (C=O) groups excluding carboxylic acids is 4. The number of aromatic hydroxyl groups is 1. The molecule has 58 heavy (non-hydrogen) atoms. The third kappa shape index (κ3) is 11.2. The number of phenolic OH excluding ortho intramolecular Hbond substituents is 1. The molecule has 1 aromatic heterocycles. The lowest BCUT2D eigenvalue weighted by Crippen LogP contribution is -2.49. The van der Waals surface area contributed by atoms with Crippen molar-refractivity contribution in [2.24, 2.45) is 17.8 Å². The van der Waals surface area contributed by atoms with Gasteiger partial charge in [-0.3, -0.25) is 24.0 Å². The Morgan fingerprint density at radius 3 is 2.38 bits per heavy atom. The summed E-state index contributed by atoms with van der Waals surface area (Å²) in [6, 6.07) is 13.6. The number of aliphatic hydroxyl groups excluding tert-OH is 1. The summed E-state index contributed by atoms with van der Waals surface area (Å²) < 4.78 is 22.8. The van der Waals surface area contributed by atoms with E-state index < -0.39 is 47.5 Å². The van der Waals surface area contributed by atoms with Crippen LogP contribution in [-0.4, -0.2) is 123 Å². The van der Waals surface area contributed by atoms with Crippen LogP contribution in [0.5, 0.6) is 5.75 Å². The highest BCUT2D eigenvalue weighted by Crippen LogP contribution is 2.30. The van der Waals surface area contributed by atoms with Gasteiger partial charge in [-0.05, 0) is 85.2 Å². The molecule has 0 bridgehead atoms. The van der Waals surface area contributed by atoms with Crippen molar-refractivity contribution in [3.63, 3.8) is 0 Å². The Kier molecular flexibility index (Phi) is 14.1. The first-order valence-corrected chi connectivity index (χ1v) is 20.2. The Morgan fingerprint density at radius 2 is 1.67 bits per heavy atom. The molecule has 2 amide bonds. The zero-order valence-corrected chi connectivity index (χ0v) is 33.6. The van der Waals surface area contributed by atoms with Crippen molar-refractivity contribution in [2.45, 2.75) is 65.3 Å². The van der Waals surface area contributed by atoms with E-state index in [0.717, 1.165) is 5.56 Å². The molecule has 6 rings (SSSR count). The third-order valence-electron chi connectivity index (χ3n) is 11.5. The number of hydrogen-bond acceptors (Lipinski definition) is 10. The highest BCUT2D eigenvalue weighted by atomic mass is 19.1. The number of ether oxygens (including phenoxy) is 1. The van der Waals surface area contributed by atoms with Crippen molar-refractivity contribution in [1.29, 1.82) is 0 Å². The van der Waals surface area contributed by atoms with Gasteiger partial charge in [0.05, 0.1) is 12.0 Å². The fourth-order valence-corrected chi connectivity index (χ4v) is 8.06. The minimum atomic E-state index is -1.04. The van der Waals surface area contributed by atoms with Gasteiger partial charge in [0.25, 0.3) is 0 Å². The summed E-state index contributed by atoms with van der Waals surface area (Å²) in [5, 5.41) is 24.8. The number of aromatic nitrogens is 2. The predicted molar refractivity (Wildman–Crippen MR) is 217 cm³/mol. The summed E-state index contributed by atoms with van der Waals surface area (Å²) in [6.45, 7) is 10.5. The van der Waals surface area contributed by atoms with Crippen LogP contribution in [0.1, 0.15) is 51.2 Å². The Morgan fingerprint density at radius 1 is 0.931 bits per heavy atom. The van der Waals surface area contributed by atoms with E-state index in [1.165, 1.54) is 12.1 Å². The molecule has 2 aromatic carbocycles. The molecule has 0 radical (unpaired) electrons. The molecule has 3 aromatic rings. The van der Waals surface area contributed by atoms with E-state index in [2.05, 4.69) is 10.00 Å². The van der Waals surface area contributed by atoms with E-state index in [1.54, 1.807) is 64.2 Å². The van der Waals surface area contributed by atoms with Gasteiger partial charge >= 0.3 is 6.09 Å². The van der Waals surface area contributed by atoms with Crippen molar-refractivity contribution < 1.29 is 38.5 Å². The van der Waals surface area contributed by atoms with Crippen molar-refractivity contribution in [3.05, 3.63) is 95.6 Å². The van der Waals surface area contributed by atoms with E-state index in [4.69, 9.17) is 4.74 Å². The van der Waals surface area contributed by atoms with Gasteiger partial charge in [-0.1, -0.05) is 43.7 Å². The van der Waals surface area contributed by atoms with Gasteiger partial charge in [-0.2, -0.15) is 5.10 Å². The highest BCUT2D eigenvalue weighted by Gasteiger charge is 2.34. The van der Waals surface area contributed by atoms with E-state index >= 15 is 4.39 Å². The molecule has 0 spiro atoms. The first kappa shape index (κ1) is 42.3. The van der Waals surface area contributed by atoms with E-state index in [-0.39, 0.29) is 37.0 Å². The molecule has 1 aliphatic carbocycles. The van der Waals surface area contributed by atoms with Crippen molar-refractivity contribution in [3.8, 4) is 5.75 Å². The van der Waals surface area contributed by atoms with Gasteiger partial charge in [0.15, 0.2) is 0 Å². The first-order chi connectivity index (χ1) is 27.8. The number of ketones is 2. The number of Topliss-reactive ketones (excluding diaryl/α,β-unsaturated/α-hetero) is 2. The normalized spacial score (nSPS) is 24.9. The number of piperazine rings is 2. The smallest absolute Gasteiger partial charge is 0.410 e. The van der Waals surface area contributed by atoms with Crippen LogP contribution < -0.4 is 4.90 Å². The molecule has 2 fully saturated rings. The van der Waals surface area contributed by atoms with E-state index in [9.17, 15) is 29.4 Å². The van der Waals surface area contributed by atoms with Crippen molar-refractivity contribution in [1.82, 2.24) is 24.5 Å². The average molecular weight is 799 g/mol. The summed E-state index contributed by atoms with van der Waals surface area (Å²) in [4.78, 5) is 61.1. The maximum Gasteiger partial charge on any atom is 0.410 e. The fourth-order valence-electron chi connectivity index (χ4n) is 8.06. The lowest BCUT2D eigenvalue weighted by atomic mass is 9.80. The predicted octanol–water partition coefficient (Wildman–Crippen LogP) is 4.93. The number of rotatable bonds is 8. The Hall–Kier alpha value is -5.34. The summed E-state index contributed by atoms with van der Waals surface area (Å²) in [5.41, 5.74) is 2.71. The number of allylic oxidation sites excluding steroid dienone is 2. The second-order valence-corrected chi connectivity index (χ2v) is 15.9. The van der Waals surface area contributed by atoms with Gasteiger partial charge < -0.3 is 29.6 Å². The molecular weight excluding hydrogens is 744 g/mol. The second kappa shape index (κ2) is 19.4. The number of halogens is 1. The zero-order chi connectivity index (χ0) is 41.3. The summed E-state index contributed by atoms with van der Waals surface area (Å²) in [7, 11) is 0. The monoisotopic (exact) mass is 798 g/mol. The minimum Gasteiger partial charge on any atom is -0.508 e. The van der Waals surface area contributed by atoms with Crippen LogP contribution in [0.25, 0.3) is 6.08 Å². The number of benzene rings is 2. The van der Waals surface area contributed by atoms with Crippen LogP contribution in [0.15, 0.2) is 78.6 Å². The summed E-state index contributed by atoms with van der Waals surface area (Å²) >= 11 is 0. The van der Waals surface area contributed by atoms with Crippen LogP contribution in [0.3, 0.4) is 0 Å². The lowest BCUT2D eigenvalue weighted by molar-refractivity contribution is -0.140. The summed E-state index contributed by atoms with van der Waals surface area (Å²) in [5.74, 6) is -3.16. The number of hydrogen-bond donors (Lipinski definition) is 2. The molecule has 5 atom stereocenters. The SMILES string of the molecule is C/C(=C\c1cc(F)cc(N2CCN(C(=O)Cn3cccn3)CC2)c1)[C@H]1C(=O)C(=O)C[C@H](O)CC[C@H](C)[C@@H](OC(=O)N2CCN(Cc3cccc(O)c3)CC2)/C=C/[C@@H]1C. The zero-order valence-electron chi connectivity index (χ0n) is 33.6. The maximum absolute atomic E-state index is 15.1. The first-order valence-electron chi connectivity index (χ1n) is 20.2. The number of nitrogens with zero attached hydrogens (tertiary/aromatic N) is 6. The molecular formula is C44H55FN6O7. The topological polar surface area (TPSA) is 149 Å². The lowest BCUT2D eigenvalue weighted by Gasteiger charge is -2.36.